The first-order chi connectivity index (χ1) is 13.4. The summed E-state index contributed by atoms with van der Waals surface area (Å²) in [5.41, 5.74) is 0.669. The number of benzene rings is 3. The summed E-state index contributed by atoms with van der Waals surface area (Å²) in [6.45, 7) is 5.86. The van der Waals surface area contributed by atoms with Crippen molar-refractivity contribution in [1.29, 1.82) is 0 Å². The molecular formula is C24H25NO3. The molecule has 1 heterocycles. The molecule has 1 aliphatic heterocycles. The summed E-state index contributed by atoms with van der Waals surface area (Å²) in [4.78, 5) is 12.8. The van der Waals surface area contributed by atoms with Crippen molar-refractivity contribution in [3.05, 3.63) is 72.3 Å². The molecule has 0 unspecified atom stereocenters. The molecule has 0 aliphatic carbocycles. The molecule has 3 aromatic rings. The third-order valence-corrected chi connectivity index (χ3v) is 5.10. The molecule has 1 amide bonds. The second-order valence-electron chi connectivity index (χ2n) is 7.93. The summed E-state index contributed by atoms with van der Waals surface area (Å²) in [7, 11) is 0. The van der Waals surface area contributed by atoms with Crippen LogP contribution in [-0.4, -0.2) is 17.6 Å². The molecule has 4 heteroatoms. The SMILES string of the molecule is C[C@H](Oc1ccc2ccccc2c1)C(=O)N[C@@H]1CC(C)(C)Oc2ccccc21. The zero-order chi connectivity index (χ0) is 19.7. The Morgan fingerprint density at radius 2 is 1.79 bits per heavy atom. The Labute approximate surface area is 165 Å². The molecule has 3 aromatic carbocycles. The number of hydrogen-bond donors (Lipinski definition) is 1. The van der Waals surface area contributed by atoms with Crippen LogP contribution in [0, 0.1) is 0 Å². The first-order valence-electron chi connectivity index (χ1n) is 9.65. The number of amides is 1. The minimum absolute atomic E-state index is 0.102. The highest BCUT2D eigenvalue weighted by Gasteiger charge is 2.35. The van der Waals surface area contributed by atoms with E-state index in [9.17, 15) is 4.79 Å². The minimum Gasteiger partial charge on any atom is -0.487 e. The van der Waals surface area contributed by atoms with Crippen LogP contribution in [-0.2, 0) is 4.79 Å². The van der Waals surface area contributed by atoms with E-state index in [-0.39, 0.29) is 17.6 Å². The zero-order valence-electron chi connectivity index (χ0n) is 16.4. The highest BCUT2D eigenvalue weighted by molar-refractivity contribution is 5.84. The summed E-state index contributed by atoms with van der Waals surface area (Å²) in [6, 6.07) is 21.7. The van der Waals surface area contributed by atoms with E-state index in [1.54, 1.807) is 6.92 Å². The van der Waals surface area contributed by atoms with Crippen LogP contribution in [0.25, 0.3) is 10.8 Å². The van der Waals surface area contributed by atoms with Crippen molar-refractivity contribution < 1.29 is 14.3 Å². The van der Waals surface area contributed by atoms with Crippen molar-refractivity contribution in [3.8, 4) is 11.5 Å². The largest absolute Gasteiger partial charge is 0.487 e. The maximum absolute atomic E-state index is 12.8. The lowest BCUT2D eigenvalue weighted by Crippen LogP contribution is -2.44. The summed E-state index contributed by atoms with van der Waals surface area (Å²) in [6.07, 6.45) is 0.109. The van der Waals surface area contributed by atoms with Crippen LogP contribution in [0.5, 0.6) is 11.5 Å². The van der Waals surface area contributed by atoms with Crippen LogP contribution in [0.1, 0.15) is 38.8 Å². The van der Waals surface area contributed by atoms with E-state index in [0.29, 0.717) is 12.2 Å². The molecule has 4 nitrogen and oxygen atoms in total. The van der Waals surface area contributed by atoms with Gasteiger partial charge in [-0.05, 0) is 49.7 Å². The molecule has 0 radical (unpaired) electrons. The summed E-state index contributed by atoms with van der Waals surface area (Å²) in [5, 5.41) is 5.38. The Kier molecular flexibility index (Phi) is 4.71. The molecule has 2 atom stereocenters. The Balaban J connectivity index is 1.48. The van der Waals surface area contributed by atoms with Crippen molar-refractivity contribution in [1.82, 2.24) is 5.32 Å². The molecular weight excluding hydrogens is 350 g/mol. The molecule has 0 saturated heterocycles. The monoisotopic (exact) mass is 375 g/mol. The summed E-state index contributed by atoms with van der Waals surface area (Å²) in [5.74, 6) is 1.38. The minimum atomic E-state index is -0.598. The molecule has 0 fully saturated rings. The van der Waals surface area contributed by atoms with Gasteiger partial charge in [0.25, 0.3) is 5.91 Å². The van der Waals surface area contributed by atoms with E-state index >= 15 is 0 Å². The Morgan fingerprint density at radius 3 is 2.61 bits per heavy atom. The van der Waals surface area contributed by atoms with E-state index in [2.05, 4.69) is 11.4 Å². The van der Waals surface area contributed by atoms with Gasteiger partial charge in [-0.2, -0.15) is 0 Å². The predicted molar refractivity (Wildman–Crippen MR) is 111 cm³/mol. The number of ether oxygens (including phenoxy) is 2. The van der Waals surface area contributed by atoms with Crippen molar-refractivity contribution >= 4 is 16.7 Å². The number of rotatable bonds is 4. The van der Waals surface area contributed by atoms with Gasteiger partial charge in [-0.3, -0.25) is 4.79 Å². The lowest BCUT2D eigenvalue weighted by molar-refractivity contribution is -0.128. The smallest absolute Gasteiger partial charge is 0.261 e. The van der Waals surface area contributed by atoms with Crippen LogP contribution in [0.2, 0.25) is 0 Å². The summed E-state index contributed by atoms with van der Waals surface area (Å²) >= 11 is 0. The predicted octanol–water partition coefficient (Wildman–Crippen LogP) is 5.03. The highest BCUT2D eigenvalue weighted by atomic mass is 16.5. The molecule has 1 aliphatic rings. The van der Waals surface area contributed by atoms with Gasteiger partial charge in [0, 0.05) is 12.0 Å². The second-order valence-corrected chi connectivity index (χ2v) is 7.93. The number of fused-ring (bicyclic) bond motifs is 2. The fourth-order valence-electron chi connectivity index (χ4n) is 3.72. The second kappa shape index (κ2) is 7.19. The molecule has 28 heavy (non-hydrogen) atoms. The van der Waals surface area contributed by atoms with Gasteiger partial charge in [0.15, 0.2) is 6.10 Å². The molecule has 0 saturated carbocycles. The number of carbonyl (C=O) groups excluding carboxylic acids is 1. The van der Waals surface area contributed by atoms with Crippen molar-refractivity contribution in [3.63, 3.8) is 0 Å². The van der Waals surface area contributed by atoms with E-state index in [1.807, 2.05) is 74.5 Å². The first-order valence-corrected chi connectivity index (χ1v) is 9.65. The molecule has 0 aromatic heterocycles. The number of carbonyl (C=O) groups is 1. The van der Waals surface area contributed by atoms with E-state index in [1.165, 1.54) is 0 Å². The van der Waals surface area contributed by atoms with Gasteiger partial charge in [-0.25, -0.2) is 0 Å². The van der Waals surface area contributed by atoms with Crippen molar-refractivity contribution in [2.75, 3.05) is 0 Å². The fraction of sp³-hybridized carbons (Fsp3) is 0.292. The Morgan fingerprint density at radius 1 is 1.07 bits per heavy atom. The standard InChI is InChI=1S/C24H25NO3/c1-16(27-19-13-12-17-8-4-5-9-18(17)14-19)23(26)25-21-15-24(2,3)28-22-11-7-6-10-20(21)22/h4-14,16,21H,15H2,1-3H3,(H,25,26)/t16-,21+/m0/s1. The third kappa shape index (κ3) is 3.81. The van der Waals surface area contributed by atoms with Crippen LogP contribution in [0.4, 0.5) is 0 Å². The number of hydrogen-bond acceptors (Lipinski definition) is 3. The average molecular weight is 375 g/mol. The highest BCUT2D eigenvalue weighted by Crippen LogP contribution is 2.39. The van der Waals surface area contributed by atoms with Crippen molar-refractivity contribution in [2.45, 2.75) is 44.9 Å². The van der Waals surface area contributed by atoms with Gasteiger partial charge in [-0.15, -0.1) is 0 Å². The Bertz CT molecular complexity index is 1010. The van der Waals surface area contributed by atoms with Crippen LogP contribution in [0.3, 0.4) is 0 Å². The number of nitrogens with one attached hydrogen (secondary N) is 1. The fourth-order valence-corrected chi connectivity index (χ4v) is 3.72. The third-order valence-electron chi connectivity index (χ3n) is 5.10. The first kappa shape index (κ1) is 18.4. The van der Waals surface area contributed by atoms with Gasteiger partial charge in [0.2, 0.25) is 0 Å². The maximum atomic E-state index is 12.8. The molecule has 0 spiro atoms. The van der Waals surface area contributed by atoms with E-state index < -0.39 is 6.10 Å². The van der Waals surface area contributed by atoms with Gasteiger partial charge in [0.1, 0.15) is 17.1 Å². The van der Waals surface area contributed by atoms with Gasteiger partial charge >= 0.3 is 0 Å². The van der Waals surface area contributed by atoms with Gasteiger partial charge in [-0.1, -0.05) is 48.5 Å². The normalized spacial score (nSPS) is 18.6. The summed E-state index contributed by atoms with van der Waals surface area (Å²) < 4.78 is 12.0. The zero-order valence-corrected chi connectivity index (χ0v) is 16.4. The molecule has 0 bridgehead atoms. The topological polar surface area (TPSA) is 47.6 Å². The van der Waals surface area contributed by atoms with Crippen LogP contribution in [0.15, 0.2) is 66.7 Å². The lowest BCUT2D eigenvalue weighted by atomic mass is 9.89. The number of para-hydroxylation sites is 1. The van der Waals surface area contributed by atoms with Crippen molar-refractivity contribution in [2.24, 2.45) is 0 Å². The van der Waals surface area contributed by atoms with Gasteiger partial charge < -0.3 is 14.8 Å². The Hall–Kier alpha value is -3.01. The van der Waals surface area contributed by atoms with Crippen LogP contribution >= 0.6 is 0 Å². The van der Waals surface area contributed by atoms with E-state index in [0.717, 1.165) is 22.1 Å². The van der Waals surface area contributed by atoms with Crippen LogP contribution < -0.4 is 14.8 Å². The van der Waals surface area contributed by atoms with E-state index in [4.69, 9.17) is 9.47 Å². The molecule has 1 N–H and O–H groups in total. The quantitative estimate of drug-likeness (QED) is 0.696. The molecule has 4 rings (SSSR count). The lowest BCUT2D eigenvalue weighted by Gasteiger charge is -2.38. The van der Waals surface area contributed by atoms with Gasteiger partial charge in [0.05, 0.1) is 6.04 Å². The maximum Gasteiger partial charge on any atom is 0.261 e. The average Bonchev–Trinajstić information content (AvgIpc) is 2.67. The molecule has 144 valence electrons.